The minimum atomic E-state index is 0.0856. The molecule has 1 aromatic heterocycles. The number of nitrogens with zero attached hydrogens (tertiary/aromatic N) is 2. The van der Waals surface area contributed by atoms with Crippen LogP contribution in [0.2, 0.25) is 0 Å². The van der Waals surface area contributed by atoms with Crippen molar-refractivity contribution in [2.75, 3.05) is 0 Å². The summed E-state index contributed by atoms with van der Waals surface area (Å²) in [4.78, 5) is 3.88. The number of rotatable bonds is 2. The Labute approximate surface area is 57.9 Å². The van der Waals surface area contributed by atoms with E-state index in [2.05, 4.69) is 11.6 Å². The third-order valence-corrected chi connectivity index (χ3v) is 2.21. The van der Waals surface area contributed by atoms with E-state index in [1.165, 1.54) is 0 Å². The standard InChI is InChI=1S/C3H3N2.C2H3.Au/c1-2-5-3-4-1;1-2;/h1-3H;1H,2H2;/q-1;;+1. The van der Waals surface area contributed by atoms with Crippen LogP contribution in [0.15, 0.2) is 29.6 Å². The second-order valence-electron chi connectivity index (χ2n) is 1.07. The van der Waals surface area contributed by atoms with Crippen LogP contribution in [0.25, 0.3) is 0 Å². The third-order valence-electron chi connectivity index (χ3n) is 0.597. The van der Waals surface area contributed by atoms with Gasteiger partial charge in [-0.15, -0.1) is 0 Å². The van der Waals surface area contributed by atoms with Crippen molar-refractivity contribution >= 4 is 0 Å². The molecule has 0 fully saturated rings. The van der Waals surface area contributed by atoms with Gasteiger partial charge in [0, 0.05) is 0 Å². The summed E-state index contributed by atoms with van der Waals surface area (Å²) in [6, 6.07) is 0. The number of hydrogen-bond donors (Lipinski definition) is 0. The van der Waals surface area contributed by atoms with E-state index in [1.54, 1.807) is 6.20 Å². The molecule has 0 aliphatic heterocycles. The summed E-state index contributed by atoms with van der Waals surface area (Å²) in [5, 5.41) is 0. The van der Waals surface area contributed by atoms with Gasteiger partial charge < -0.3 is 0 Å². The molecule has 0 saturated carbocycles. The van der Waals surface area contributed by atoms with Gasteiger partial charge in [-0.1, -0.05) is 0 Å². The molecule has 47 valence electrons. The molecule has 8 heavy (non-hydrogen) atoms. The summed E-state index contributed by atoms with van der Waals surface area (Å²) in [5.74, 6) is 0. The minimum absolute atomic E-state index is 0.0856. The van der Waals surface area contributed by atoms with E-state index in [0.717, 1.165) is 0 Å². The van der Waals surface area contributed by atoms with E-state index >= 15 is 0 Å². The second-order valence-corrected chi connectivity index (χ2v) is 3.63. The Morgan fingerprint density at radius 3 is 3.12 bits per heavy atom. The second kappa shape index (κ2) is 2.87. The molecule has 0 saturated heterocycles. The van der Waals surface area contributed by atoms with E-state index in [-0.39, 0.29) is 20.0 Å². The fourth-order valence-electron chi connectivity index (χ4n) is 0.342. The Morgan fingerprint density at radius 1 is 1.75 bits per heavy atom. The number of hydrogen-bond acceptors (Lipinski definition) is 1. The van der Waals surface area contributed by atoms with Gasteiger partial charge in [0.25, 0.3) is 0 Å². The van der Waals surface area contributed by atoms with Gasteiger partial charge in [0.15, 0.2) is 0 Å². The molecule has 1 rings (SSSR count). The Bertz CT molecular complexity index is 157. The van der Waals surface area contributed by atoms with Crippen LogP contribution in [0, 0.1) is 0 Å². The van der Waals surface area contributed by atoms with Crippen LogP contribution in [0.5, 0.6) is 0 Å². The van der Waals surface area contributed by atoms with Crippen molar-refractivity contribution < 1.29 is 20.0 Å². The van der Waals surface area contributed by atoms with Gasteiger partial charge >= 0.3 is 57.6 Å². The molecule has 0 atom stereocenters. The topological polar surface area (TPSA) is 17.8 Å². The van der Waals surface area contributed by atoms with Gasteiger partial charge in [-0.05, 0) is 0 Å². The number of imidazole rings is 1. The van der Waals surface area contributed by atoms with Gasteiger partial charge in [-0.25, -0.2) is 0 Å². The van der Waals surface area contributed by atoms with Gasteiger partial charge in [0.05, 0.1) is 0 Å². The van der Waals surface area contributed by atoms with Crippen LogP contribution in [0.3, 0.4) is 0 Å². The monoisotopic (exact) mass is 291 g/mol. The molecule has 0 aliphatic rings. The van der Waals surface area contributed by atoms with Gasteiger partial charge in [0.2, 0.25) is 0 Å². The first-order valence-corrected chi connectivity index (χ1v) is 4.30. The molecule has 2 nitrogen and oxygen atoms in total. The van der Waals surface area contributed by atoms with Crippen molar-refractivity contribution in [3.63, 3.8) is 0 Å². The molecule has 0 spiro atoms. The number of aromatic nitrogens is 2. The van der Waals surface area contributed by atoms with Crippen molar-refractivity contribution in [1.29, 1.82) is 0 Å². The Hall–Kier alpha value is -0.310. The first-order chi connectivity index (χ1) is 3.93. The molecule has 0 aromatic carbocycles. The summed E-state index contributed by atoms with van der Waals surface area (Å²) < 4.78 is 3.98. The average Bonchev–Trinajstić information content (AvgIpc) is 2.19. The quantitative estimate of drug-likeness (QED) is 0.739. The molecule has 0 bridgehead atoms. The van der Waals surface area contributed by atoms with Crippen LogP contribution < -0.4 is 0 Å². The Morgan fingerprint density at radius 2 is 2.62 bits per heavy atom. The van der Waals surface area contributed by atoms with Crippen molar-refractivity contribution in [3.8, 4) is 0 Å². The maximum absolute atomic E-state index is 3.88. The molecule has 0 aliphatic carbocycles. The summed E-state index contributed by atoms with van der Waals surface area (Å²) in [7, 11) is 0. The SMILES string of the molecule is C=[CH][Au][n]1ccnc1. The molecule has 0 amide bonds. The van der Waals surface area contributed by atoms with E-state index in [4.69, 9.17) is 0 Å². The zero-order valence-electron chi connectivity index (χ0n) is 4.21. The fourth-order valence-corrected chi connectivity index (χ4v) is 1.42. The summed E-state index contributed by atoms with van der Waals surface area (Å²) >= 11 is 0.0856. The first kappa shape index (κ1) is 5.82. The van der Waals surface area contributed by atoms with Crippen LogP contribution in [-0.4, -0.2) is 7.95 Å². The third kappa shape index (κ3) is 1.33. The summed E-state index contributed by atoms with van der Waals surface area (Å²) in [6.45, 7) is 3.63. The predicted octanol–water partition coefficient (Wildman–Crippen LogP) is 0.872. The maximum atomic E-state index is 3.88. The van der Waals surface area contributed by atoms with E-state index < -0.39 is 0 Å². The molecular formula is C5H6AuN2. The van der Waals surface area contributed by atoms with Gasteiger partial charge in [0.1, 0.15) is 0 Å². The van der Waals surface area contributed by atoms with Crippen LogP contribution in [0.1, 0.15) is 0 Å². The van der Waals surface area contributed by atoms with Crippen LogP contribution in [0.4, 0.5) is 0 Å². The predicted molar refractivity (Wildman–Crippen MR) is 27.8 cm³/mol. The van der Waals surface area contributed by atoms with E-state index in [1.807, 2.05) is 19.8 Å². The van der Waals surface area contributed by atoms with E-state index in [9.17, 15) is 0 Å². The van der Waals surface area contributed by atoms with Crippen molar-refractivity contribution in [1.82, 2.24) is 7.95 Å². The average molecular weight is 291 g/mol. The zero-order chi connectivity index (χ0) is 5.82. The van der Waals surface area contributed by atoms with E-state index in [0.29, 0.717) is 0 Å². The fraction of sp³-hybridized carbons (Fsp3) is 0. The molecule has 0 unspecified atom stereocenters. The Kier molecular flexibility index (Phi) is 2.09. The summed E-state index contributed by atoms with van der Waals surface area (Å²) in [5.41, 5.74) is 0. The molecule has 0 radical (unpaired) electrons. The van der Waals surface area contributed by atoms with Gasteiger partial charge in [-0.3, -0.25) is 0 Å². The van der Waals surface area contributed by atoms with Gasteiger partial charge in [-0.2, -0.15) is 0 Å². The molecular weight excluding hydrogens is 285 g/mol. The normalized spacial score (nSPS) is 9.50. The summed E-state index contributed by atoms with van der Waals surface area (Å²) in [6.07, 6.45) is 5.53. The van der Waals surface area contributed by atoms with Crippen LogP contribution >= 0.6 is 0 Å². The zero-order valence-corrected chi connectivity index (χ0v) is 6.38. The molecule has 1 heterocycles. The first-order valence-electron chi connectivity index (χ1n) is 2.08. The van der Waals surface area contributed by atoms with Crippen LogP contribution in [-0.2, 0) is 20.0 Å². The Balaban J connectivity index is 2.62. The van der Waals surface area contributed by atoms with Crippen molar-refractivity contribution in [2.24, 2.45) is 0 Å². The molecule has 3 heteroatoms. The molecule has 0 N–H and O–H groups in total. The molecule has 1 aromatic rings. The van der Waals surface area contributed by atoms with Crippen molar-refractivity contribution in [2.45, 2.75) is 0 Å². The van der Waals surface area contributed by atoms with Crippen molar-refractivity contribution in [3.05, 3.63) is 29.6 Å².